The van der Waals surface area contributed by atoms with E-state index in [9.17, 15) is 35.8 Å². The number of halogens is 5. The van der Waals surface area contributed by atoms with Crippen molar-refractivity contribution in [3.05, 3.63) is 47.2 Å². The lowest BCUT2D eigenvalue weighted by molar-refractivity contribution is -0.138. The van der Waals surface area contributed by atoms with Crippen LogP contribution in [-0.2, 0) is 15.9 Å². The predicted molar refractivity (Wildman–Crippen MR) is 122 cm³/mol. The number of carboxylic acid groups (broad SMARTS) is 1. The van der Waals surface area contributed by atoms with Gasteiger partial charge in [0.1, 0.15) is 5.82 Å². The molecule has 36 heavy (non-hydrogen) atoms. The van der Waals surface area contributed by atoms with Gasteiger partial charge in [-0.15, -0.1) is 4.36 Å². The number of carbonyl (C=O) groups is 2. The van der Waals surface area contributed by atoms with E-state index in [1.165, 1.54) is 29.2 Å². The van der Waals surface area contributed by atoms with Crippen LogP contribution in [0.3, 0.4) is 0 Å². The minimum absolute atomic E-state index is 0.00940. The van der Waals surface area contributed by atoms with E-state index in [0.717, 1.165) is 13.2 Å². The molecule has 2 aromatic rings. The highest BCUT2D eigenvalue weighted by molar-refractivity contribution is 7.93. The molecule has 14 heteroatoms. The Hall–Kier alpha value is -3.29. The van der Waals surface area contributed by atoms with Crippen molar-refractivity contribution in [2.45, 2.75) is 43.2 Å². The topological polar surface area (TPSA) is 112 Å². The number of hydrogen-bond donors (Lipinski definition) is 2. The van der Waals surface area contributed by atoms with E-state index in [0.29, 0.717) is 6.07 Å². The van der Waals surface area contributed by atoms with Crippen molar-refractivity contribution >= 4 is 33.2 Å². The number of nitrogens with zero attached hydrogens (tertiary/aromatic N) is 3. The summed E-state index contributed by atoms with van der Waals surface area (Å²) in [5.41, 5.74) is -2.03. The van der Waals surface area contributed by atoms with Crippen molar-refractivity contribution in [3.8, 4) is 0 Å². The highest BCUT2D eigenvalue weighted by Crippen LogP contribution is 2.36. The zero-order valence-electron chi connectivity index (χ0n) is 19.2. The van der Waals surface area contributed by atoms with Crippen molar-refractivity contribution in [1.29, 1.82) is 0 Å². The first-order valence-electron chi connectivity index (χ1n) is 10.7. The number of nitrogens with one attached hydrogen (secondary N) is 1. The van der Waals surface area contributed by atoms with Crippen LogP contribution in [0.5, 0.6) is 0 Å². The molecule has 3 rings (SSSR count). The molecule has 0 spiro atoms. The van der Waals surface area contributed by atoms with E-state index in [2.05, 4.69) is 14.7 Å². The van der Waals surface area contributed by atoms with Gasteiger partial charge in [-0.05, 0) is 37.6 Å². The number of anilines is 2. The average molecular weight is 535 g/mol. The van der Waals surface area contributed by atoms with Crippen LogP contribution in [0.1, 0.15) is 40.9 Å². The number of aromatic nitrogens is 1. The average Bonchev–Trinajstić information content (AvgIpc) is 2.92. The Labute approximate surface area is 203 Å². The van der Waals surface area contributed by atoms with E-state index in [1.54, 1.807) is 0 Å². The lowest BCUT2D eigenvalue weighted by Crippen LogP contribution is -2.30. The van der Waals surface area contributed by atoms with Gasteiger partial charge in [0.2, 0.25) is 5.92 Å². The molecule has 1 fully saturated rings. The third-order valence-electron chi connectivity index (χ3n) is 5.54. The molecule has 1 unspecified atom stereocenters. The molecule has 0 bridgehead atoms. The molecular formula is C22H23F5N4O4S. The van der Waals surface area contributed by atoms with Crippen molar-refractivity contribution in [2.75, 3.05) is 29.6 Å². The van der Waals surface area contributed by atoms with Gasteiger partial charge in [-0.2, -0.15) is 13.2 Å². The maximum atomic E-state index is 13.9. The molecule has 1 saturated heterocycles. The van der Waals surface area contributed by atoms with E-state index in [-0.39, 0.29) is 35.9 Å². The van der Waals surface area contributed by atoms with E-state index >= 15 is 0 Å². The quantitative estimate of drug-likeness (QED) is 0.507. The summed E-state index contributed by atoms with van der Waals surface area (Å²) in [4.78, 5) is 29.3. The van der Waals surface area contributed by atoms with Crippen molar-refractivity contribution in [3.63, 3.8) is 0 Å². The lowest BCUT2D eigenvalue weighted by Gasteiger charge is -2.25. The molecule has 2 N–H and O–H groups in total. The van der Waals surface area contributed by atoms with Gasteiger partial charge in [-0.25, -0.2) is 22.8 Å². The fourth-order valence-corrected chi connectivity index (χ4v) is 4.85. The third kappa shape index (κ3) is 6.47. The first-order chi connectivity index (χ1) is 16.6. The van der Waals surface area contributed by atoms with Crippen LogP contribution in [0, 0.1) is 6.92 Å². The molecule has 1 aliphatic rings. The standard InChI is InChI=1S/C22H23F5N4O4S/c1-13-17(22(25,26)27)12-16(18(28-13)31-9-4-7-21(23,24)8-10-31)19(32)29-14-5-3-6-15(11-14)36(2,35)30-20(33)34/h3,5-6,11-12H,4,7-10H2,1-2H3,(H,29,32)(H,33,34). The number of benzene rings is 1. The highest BCUT2D eigenvalue weighted by atomic mass is 32.2. The van der Waals surface area contributed by atoms with Gasteiger partial charge in [0.05, 0.1) is 26.5 Å². The Morgan fingerprint density at radius 3 is 2.53 bits per heavy atom. The molecule has 0 radical (unpaired) electrons. The van der Waals surface area contributed by atoms with Gasteiger partial charge in [0.15, 0.2) is 0 Å². The van der Waals surface area contributed by atoms with Crippen LogP contribution in [0.2, 0.25) is 0 Å². The van der Waals surface area contributed by atoms with Gasteiger partial charge in [0, 0.05) is 42.8 Å². The Bertz CT molecular complexity index is 1310. The normalized spacial score (nSPS) is 17.6. The summed E-state index contributed by atoms with van der Waals surface area (Å²) in [5, 5.41) is 11.2. The molecule has 2 heterocycles. The molecule has 8 nitrogen and oxygen atoms in total. The smallest absolute Gasteiger partial charge is 0.439 e. The van der Waals surface area contributed by atoms with Gasteiger partial charge in [0.25, 0.3) is 5.91 Å². The van der Waals surface area contributed by atoms with Gasteiger partial charge in [-0.1, -0.05) is 6.07 Å². The minimum Gasteiger partial charge on any atom is -0.463 e. The largest absolute Gasteiger partial charge is 0.463 e. The van der Waals surface area contributed by atoms with E-state index in [1.807, 2.05) is 0 Å². The van der Waals surface area contributed by atoms with Crippen molar-refractivity contribution < 1.29 is 40.9 Å². The summed E-state index contributed by atoms with van der Waals surface area (Å²) in [6.07, 6.45) is -6.28. The second-order valence-corrected chi connectivity index (χ2v) is 10.6. The zero-order chi connectivity index (χ0) is 26.9. The van der Waals surface area contributed by atoms with Crippen molar-refractivity contribution in [2.24, 2.45) is 4.36 Å². The van der Waals surface area contributed by atoms with Crippen LogP contribution in [0.4, 0.5) is 38.3 Å². The first kappa shape index (κ1) is 27.3. The number of pyridine rings is 1. The van der Waals surface area contributed by atoms with Crippen molar-refractivity contribution in [1.82, 2.24) is 4.98 Å². The fourth-order valence-electron chi connectivity index (χ4n) is 3.77. The summed E-state index contributed by atoms with van der Waals surface area (Å²) in [7, 11) is -3.37. The molecule has 1 aromatic heterocycles. The summed E-state index contributed by atoms with van der Waals surface area (Å²) < 4.78 is 84.2. The number of rotatable bonds is 4. The highest BCUT2D eigenvalue weighted by Gasteiger charge is 2.37. The van der Waals surface area contributed by atoms with Crippen LogP contribution in [0.25, 0.3) is 0 Å². The Morgan fingerprint density at radius 1 is 1.19 bits per heavy atom. The molecular weight excluding hydrogens is 511 g/mol. The first-order valence-corrected chi connectivity index (χ1v) is 12.6. The second-order valence-electron chi connectivity index (χ2n) is 8.35. The van der Waals surface area contributed by atoms with Crippen LogP contribution >= 0.6 is 0 Å². The minimum atomic E-state index is -4.82. The Kier molecular flexibility index (Phi) is 7.58. The summed E-state index contributed by atoms with van der Waals surface area (Å²) in [6, 6.07) is 5.85. The van der Waals surface area contributed by atoms with Gasteiger partial charge in [-0.3, -0.25) is 4.79 Å². The molecule has 196 valence electrons. The molecule has 2 amide bonds. The third-order valence-corrected chi connectivity index (χ3v) is 7.18. The Balaban J connectivity index is 2.03. The fraction of sp³-hybridized carbons (Fsp3) is 0.409. The number of aryl methyl sites for hydroxylation is 1. The maximum Gasteiger partial charge on any atom is 0.439 e. The zero-order valence-corrected chi connectivity index (χ0v) is 20.1. The SMILES string of the molecule is Cc1nc(N2CCCC(F)(F)CC2)c(C(=O)Nc2cccc(S(C)(=O)=NC(=O)O)c2)cc1C(F)(F)F. The molecule has 1 aromatic carbocycles. The van der Waals surface area contributed by atoms with Gasteiger partial charge < -0.3 is 15.3 Å². The number of hydrogen-bond acceptors (Lipinski definition) is 5. The monoisotopic (exact) mass is 534 g/mol. The lowest BCUT2D eigenvalue weighted by atomic mass is 10.1. The van der Waals surface area contributed by atoms with Crippen LogP contribution < -0.4 is 10.2 Å². The Morgan fingerprint density at radius 2 is 1.89 bits per heavy atom. The van der Waals surface area contributed by atoms with Crippen LogP contribution in [0.15, 0.2) is 39.6 Å². The molecule has 1 aliphatic heterocycles. The molecule has 0 aliphatic carbocycles. The molecule has 1 atom stereocenters. The van der Waals surface area contributed by atoms with E-state index < -0.39 is 63.5 Å². The van der Waals surface area contributed by atoms with Gasteiger partial charge >= 0.3 is 12.3 Å². The second kappa shape index (κ2) is 9.99. The van der Waals surface area contributed by atoms with Crippen LogP contribution in [-0.4, -0.2) is 51.6 Å². The number of amides is 2. The maximum absolute atomic E-state index is 13.9. The predicted octanol–water partition coefficient (Wildman–Crippen LogP) is 5.42. The number of alkyl halides is 5. The molecule has 0 saturated carbocycles. The number of carbonyl (C=O) groups excluding carboxylic acids is 1. The van der Waals surface area contributed by atoms with E-state index in [4.69, 9.17) is 5.11 Å². The summed E-state index contributed by atoms with van der Waals surface area (Å²) in [6.45, 7) is 0.973. The summed E-state index contributed by atoms with van der Waals surface area (Å²) in [5.74, 6) is -4.10. The summed E-state index contributed by atoms with van der Waals surface area (Å²) >= 11 is 0.